The highest BCUT2D eigenvalue weighted by molar-refractivity contribution is 9.10. The van der Waals surface area contributed by atoms with Gasteiger partial charge in [0, 0.05) is 32.7 Å². The summed E-state index contributed by atoms with van der Waals surface area (Å²) in [6, 6.07) is 10.4. The maximum absolute atomic E-state index is 13.1. The summed E-state index contributed by atoms with van der Waals surface area (Å²) in [5, 5.41) is 9.30. The summed E-state index contributed by atoms with van der Waals surface area (Å²) in [5.74, 6) is 1.63. The van der Waals surface area contributed by atoms with Gasteiger partial charge in [-0.2, -0.15) is 5.26 Å². The lowest BCUT2D eigenvalue weighted by Gasteiger charge is -2.37. The Morgan fingerprint density at radius 1 is 1.07 bits per heavy atom. The van der Waals surface area contributed by atoms with E-state index >= 15 is 0 Å². The third kappa shape index (κ3) is 4.63. The monoisotopic (exact) mass is 475 g/mol. The molecule has 0 spiro atoms. The molecule has 0 amide bonds. The number of nitrogens with zero attached hydrogens (tertiary/aromatic N) is 3. The maximum Gasteiger partial charge on any atom is 0.186 e. The van der Waals surface area contributed by atoms with E-state index in [0.717, 1.165) is 44.8 Å². The van der Waals surface area contributed by atoms with Crippen LogP contribution in [0.25, 0.3) is 0 Å². The van der Waals surface area contributed by atoms with Gasteiger partial charge in [-0.1, -0.05) is 0 Å². The van der Waals surface area contributed by atoms with Crippen LogP contribution in [0.3, 0.4) is 0 Å². The van der Waals surface area contributed by atoms with Crippen molar-refractivity contribution in [1.29, 1.82) is 5.26 Å². The van der Waals surface area contributed by atoms with Crippen molar-refractivity contribution in [2.24, 2.45) is 0 Å². The Kier molecular flexibility index (Phi) is 6.60. The molecule has 4 rings (SSSR count). The quantitative estimate of drug-likeness (QED) is 0.591. The third-order valence-corrected chi connectivity index (χ3v) is 5.89. The molecule has 2 aliphatic rings. The molecule has 158 valence electrons. The number of ether oxygens (including phenoxy) is 3. The highest BCUT2D eigenvalue weighted by atomic mass is 79.9. The number of halogens is 2. The molecule has 0 aromatic heterocycles. The van der Waals surface area contributed by atoms with Crippen molar-refractivity contribution < 1.29 is 18.6 Å². The van der Waals surface area contributed by atoms with Crippen LogP contribution in [-0.4, -0.2) is 57.4 Å². The fourth-order valence-electron chi connectivity index (χ4n) is 3.73. The van der Waals surface area contributed by atoms with Gasteiger partial charge in [0.05, 0.1) is 22.3 Å². The molecule has 2 aliphatic heterocycles. The molecule has 2 aromatic rings. The molecule has 8 heteroatoms. The van der Waals surface area contributed by atoms with E-state index in [4.69, 9.17) is 14.2 Å². The zero-order chi connectivity index (χ0) is 20.9. The van der Waals surface area contributed by atoms with Gasteiger partial charge in [-0.05, 0) is 52.7 Å². The molecule has 0 radical (unpaired) electrons. The van der Waals surface area contributed by atoms with Gasteiger partial charge in [-0.3, -0.25) is 4.90 Å². The maximum atomic E-state index is 13.1. The molecule has 0 N–H and O–H groups in total. The minimum absolute atomic E-state index is 0.285. The summed E-state index contributed by atoms with van der Waals surface area (Å²) in [6.45, 7) is 6.13. The summed E-state index contributed by atoms with van der Waals surface area (Å²) < 4.78 is 31.1. The molecule has 0 bridgehead atoms. The number of anilines is 1. The van der Waals surface area contributed by atoms with Gasteiger partial charge in [0.1, 0.15) is 30.8 Å². The Balaban J connectivity index is 1.27. The Labute approximate surface area is 183 Å². The first kappa shape index (κ1) is 20.8. The fraction of sp³-hybridized carbons (Fsp3) is 0.409. The van der Waals surface area contributed by atoms with Crippen molar-refractivity contribution in [2.75, 3.05) is 57.4 Å². The summed E-state index contributed by atoms with van der Waals surface area (Å²) in [6.07, 6.45) is 0.896. The SMILES string of the molecule is N#Cc1ccc(N2CCN(CCCOc3ccc(F)cc3Br)CC2)c2c1OCCO2. The van der Waals surface area contributed by atoms with Crippen LogP contribution >= 0.6 is 15.9 Å². The molecule has 30 heavy (non-hydrogen) atoms. The first-order valence-corrected chi connectivity index (χ1v) is 10.8. The normalized spacial score (nSPS) is 16.2. The summed E-state index contributed by atoms with van der Waals surface area (Å²) in [7, 11) is 0. The van der Waals surface area contributed by atoms with Gasteiger partial charge in [-0.25, -0.2) is 4.39 Å². The van der Waals surface area contributed by atoms with E-state index in [-0.39, 0.29) is 5.82 Å². The molecular formula is C22H23BrFN3O3. The summed E-state index contributed by atoms with van der Waals surface area (Å²) >= 11 is 3.32. The number of piperazine rings is 1. The average Bonchev–Trinajstić information content (AvgIpc) is 2.77. The number of hydrogen-bond acceptors (Lipinski definition) is 6. The van der Waals surface area contributed by atoms with E-state index in [1.807, 2.05) is 6.07 Å². The molecular weight excluding hydrogens is 453 g/mol. The predicted octanol–water partition coefficient (Wildman–Crippen LogP) is 3.82. The van der Waals surface area contributed by atoms with E-state index in [9.17, 15) is 9.65 Å². The Bertz CT molecular complexity index is 942. The van der Waals surface area contributed by atoms with Crippen molar-refractivity contribution in [3.05, 3.63) is 46.2 Å². The van der Waals surface area contributed by atoms with Crippen LogP contribution < -0.4 is 19.1 Å². The van der Waals surface area contributed by atoms with Gasteiger partial charge in [0.15, 0.2) is 11.5 Å². The van der Waals surface area contributed by atoms with Crippen LogP contribution in [0.5, 0.6) is 17.2 Å². The van der Waals surface area contributed by atoms with Crippen LogP contribution in [-0.2, 0) is 0 Å². The van der Waals surface area contributed by atoms with Gasteiger partial charge in [-0.15, -0.1) is 0 Å². The Morgan fingerprint density at radius 3 is 2.57 bits per heavy atom. The van der Waals surface area contributed by atoms with Gasteiger partial charge >= 0.3 is 0 Å². The number of fused-ring (bicyclic) bond motifs is 1. The predicted molar refractivity (Wildman–Crippen MR) is 115 cm³/mol. The zero-order valence-corrected chi connectivity index (χ0v) is 18.2. The number of hydrogen-bond donors (Lipinski definition) is 0. The van der Waals surface area contributed by atoms with Crippen LogP contribution in [0.4, 0.5) is 10.1 Å². The van der Waals surface area contributed by atoms with E-state index in [1.54, 1.807) is 12.1 Å². The highest BCUT2D eigenvalue weighted by Crippen LogP contribution is 2.42. The second-order valence-electron chi connectivity index (χ2n) is 7.20. The lowest BCUT2D eigenvalue weighted by atomic mass is 10.1. The number of benzene rings is 2. The molecule has 1 fully saturated rings. The molecule has 2 heterocycles. The van der Waals surface area contributed by atoms with E-state index in [0.29, 0.717) is 47.1 Å². The zero-order valence-electron chi connectivity index (χ0n) is 16.6. The second kappa shape index (κ2) is 9.54. The lowest BCUT2D eigenvalue weighted by Crippen LogP contribution is -2.47. The average molecular weight is 476 g/mol. The largest absolute Gasteiger partial charge is 0.492 e. The number of nitriles is 1. The molecule has 6 nitrogen and oxygen atoms in total. The molecule has 0 saturated carbocycles. The van der Waals surface area contributed by atoms with E-state index in [2.05, 4.69) is 31.8 Å². The first-order chi connectivity index (χ1) is 14.7. The molecule has 2 aromatic carbocycles. The van der Waals surface area contributed by atoms with Gasteiger partial charge in [0.25, 0.3) is 0 Å². The Morgan fingerprint density at radius 2 is 1.83 bits per heavy atom. The second-order valence-corrected chi connectivity index (χ2v) is 8.06. The van der Waals surface area contributed by atoms with Crippen molar-refractivity contribution in [1.82, 2.24) is 4.90 Å². The summed E-state index contributed by atoms with van der Waals surface area (Å²) in [4.78, 5) is 4.70. The Hall–Kier alpha value is -2.50. The van der Waals surface area contributed by atoms with Crippen LogP contribution in [0.1, 0.15) is 12.0 Å². The minimum Gasteiger partial charge on any atom is -0.492 e. The molecule has 0 unspecified atom stereocenters. The minimum atomic E-state index is -0.285. The van der Waals surface area contributed by atoms with E-state index < -0.39 is 0 Å². The van der Waals surface area contributed by atoms with Crippen LogP contribution in [0.2, 0.25) is 0 Å². The smallest absolute Gasteiger partial charge is 0.186 e. The van der Waals surface area contributed by atoms with E-state index in [1.165, 1.54) is 12.1 Å². The highest BCUT2D eigenvalue weighted by Gasteiger charge is 2.25. The standard InChI is InChI=1S/C22H23BrFN3O3/c23-18-14-17(24)3-5-20(18)28-11-1-6-26-7-9-27(10-8-26)19-4-2-16(15-25)21-22(19)30-13-12-29-21/h2-5,14H,1,6-13H2. The topological polar surface area (TPSA) is 58.0 Å². The van der Waals surface area contributed by atoms with Crippen LogP contribution in [0.15, 0.2) is 34.8 Å². The summed E-state index contributed by atoms with van der Waals surface area (Å²) in [5.41, 5.74) is 1.51. The van der Waals surface area contributed by atoms with Crippen molar-refractivity contribution >= 4 is 21.6 Å². The fourth-order valence-corrected chi connectivity index (χ4v) is 4.20. The molecule has 0 aliphatic carbocycles. The van der Waals surface area contributed by atoms with Crippen molar-refractivity contribution in [2.45, 2.75) is 6.42 Å². The lowest BCUT2D eigenvalue weighted by molar-refractivity contribution is 0.170. The van der Waals surface area contributed by atoms with Crippen LogP contribution in [0, 0.1) is 17.1 Å². The number of rotatable bonds is 6. The molecule has 1 saturated heterocycles. The van der Waals surface area contributed by atoms with Crippen molar-refractivity contribution in [3.8, 4) is 23.3 Å². The van der Waals surface area contributed by atoms with Gasteiger partial charge in [0.2, 0.25) is 0 Å². The molecule has 0 atom stereocenters. The first-order valence-electron chi connectivity index (χ1n) is 10.0. The van der Waals surface area contributed by atoms with Gasteiger partial charge < -0.3 is 19.1 Å². The third-order valence-electron chi connectivity index (χ3n) is 5.27. The van der Waals surface area contributed by atoms with Crippen molar-refractivity contribution in [3.63, 3.8) is 0 Å².